The number of allylic oxidation sites excluding steroid dienone is 2. The van der Waals surface area contributed by atoms with Crippen molar-refractivity contribution >= 4 is 17.8 Å². The number of aliphatic imine (C=N–C) groups is 1. The van der Waals surface area contributed by atoms with Gasteiger partial charge in [0.1, 0.15) is 0 Å². The Kier molecular flexibility index (Phi) is 8.50. The monoisotopic (exact) mass is 566 g/mol. The number of amides is 1. The predicted molar refractivity (Wildman–Crippen MR) is 137 cm³/mol. The number of nitrogens with zero attached hydrogens (tertiary/aromatic N) is 4. The number of nitrogens with one attached hydrogen (secondary N) is 2. The summed E-state index contributed by atoms with van der Waals surface area (Å²) in [5.74, 6) is -0.579. The van der Waals surface area contributed by atoms with E-state index < -0.39 is 30.8 Å². The molecular weight excluding hydrogens is 538 g/mol. The van der Waals surface area contributed by atoms with Crippen molar-refractivity contribution in [3.63, 3.8) is 0 Å². The molecule has 40 heavy (non-hydrogen) atoms. The molecule has 7 nitrogen and oxygen atoms in total. The lowest BCUT2D eigenvalue weighted by Gasteiger charge is -2.27. The second-order valence-corrected chi connectivity index (χ2v) is 9.94. The van der Waals surface area contributed by atoms with Gasteiger partial charge in [0, 0.05) is 42.9 Å². The Balaban J connectivity index is 0.000000461. The van der Waals surface area contributed by atoms with Crippen molar-refractivity contribution in [3.05, 3.63) is 76.6 Å². The first-order valence-corrected chi connectivity index (χ1v) is 12.6. The van der Waals surface area contributed by atoms with E-state index in [1.807, 2.05) is 0 Å². The van der Waals surface area contributed by atoms with Gasteiger partial charge in [0.25, 0.3) is 0 Å². The van der Waals surface area contributed by atoms with Crippen molar-refractivity contribution in [1.29, 1.82) is 0 Å². The number of benzene rings is 1. The highest BCUT2D eigenvalue weighted by Gasteiger charge is 2.46. The second-order valence-electron chi connectivity index (χ2n) is 9.94. The maximum atomic E-state index is 13.9. The average Bonchev–Trinajstić information content (AvgIpc) is 3.62. The minimum Gasteiger partial charge on any atom is -0.359 e. The number of hydrogen-bond donors (Lipinski definition) is 2. The first kappa shape index (κ1) is 29.1. The van der Waals surface area contributed by atoms with Crippen LogP contribution in [0.15, 0.2) is 53.3 Å². The van der Waals surface area contributed by atoms with Gasteiger partial charge >= 0.3 is 6.18 Å². The summed E-state index contributed by atoms with van der Waals surface area (Å²) >= 11 is 0. The number of alkyl halides is 4. The lowest BCUT2D eigenvalue weighted by Crippen LogP contribution is -2.30. The van der Waals surface area contributed by atoms with Gasteiger partial charge in [0.2, 0.25) is 11.9 Å². The third-order valence-electron chi connectivity index (χ3n) is 7.09. The number of rotatable bonds is 7. The van der Waals surface area contributed by atoms with Gasteiger partial charge in [-0.3, -0.25) is 9.79 Å². The molecule has 214 valence electrons. The van der Waals surface area contributed by atoms with Gasteiger partial charge in [-0.1, -0.05) is 24.3 Å². The molecule has 2 N–H and O–H groups in total. The molecule has 2 aromatic heterocycles. The van der Waals surface area contributed by atoms with Crippen molar-refractivity contribution in [2.45, 2.75) is 50.1 Å². The molecular formula is C27H28F6N6O. The van der Waals surface area contributed by atoms with E-state index in [0.29, 0.717) is 22.7 Å². The average molecular weight is 567 g/mol. The molecule has 2 aliphatic rings. The van der Waals surface area contributed by atoms with Gasteiger partial charge in [0.05, 0.1) is 23.2 Å². The molecule has 2 heterocycles. The molecule has 1 unspecified atom stereocenters. The zero-order valence-electron chi connectivity index (χ0n) is 21.8. The third-order valence-corrected chi connectivity index (χ3v) is 7.09. The molecule has 1 aromatic carbocycles. The van der Waals surface area contributed by atoms with Crippen LogP contribution < -0.4 is 10.9 Å². The second kappa shape index (κ2) is 11.7. The number of halogens is 6. The van der Waals surface area contributed by atoms with Crippen LogP contribution in [0, 0.1) is 11.9 Å². The molecule has 0 saturated heterocycles. The molecule has 2 atom stereocenters. The van der Waals surface area contributed by atoms with Gasteiger partial charge in [-0.15, -0.1) is 9.58 Å². The minimum absolute atomic E-state index is 0.0422. The normalized spacial score (nSPS) is 20.8. The quantitative estimate of drug-likeness (QED) is 0.177. The van der Waals surface area contributed by atoms with E-state index >= 15 is 0 Å². The fourth-order valence-electron chi connectivity index (χ4n) is 5.01. The summed E-state index contributed by atoms with van der Waals surface area (Å²) in [6.45, 7) is 0.735. The molecule has 5 rings (SSSR count). The lowest BCUT2D eigenvalue weighted by molar-refractivity contribution is -0.127. The SMILES string of the molecule is CNC(=O)C1CC1.C[C@]1(/C(=C/C=N/CF)NF)CC(c2ccc(CC(F)(F)F)cc2)c2cnc3cc(F)nn3c21. The van der Waals surface area contributed by atoms with Crippen molar-refractivity contribution < 1.29 is 31.2 Å². The number of aromatic nitrogens is 3. The van der Waals surface area contributed by atoms with E-state index in [0.717, 1.165) is 25.1 Å². The molecule has 0 aliphatic heterocycles. The van der Waals surface area contributed by atoms with Crippen LogP contribution >= 0.6 is 0 Å². The van der Waals surface area contributed by atoms with E-state index in [1.165, 1.54) is 28.9 Å². The summed E-state index contributed by atoms with van der Waals surface area (Å²) in [5.41, 5.74) is 2.70. The van der Waals surface area contributed by atoms with Crippen LogP contribution in [-0.2, 0) is 16.6 Å². The molecule has 1 saturated carbocycles. The van der Waals surface area contributed by atoms with Crippen LogP contribution in [0.2, 0.25) is 0 Å². The largest absolute Gasteiger partial charge is 0.393 e. The fraction of sp³-hybridized carbons (Fsp3) is 0.407. The molecule has 13 heteroatoms. The lowest BCUT2D eigenvalue weighted by atomic mass is 9.81. The van der Waals surface area contributed by atoms with Crippen LogP contribution in [0.25, 0.3) is 5.65 Å². The van der Waals surface area contributed by atoms with Crippen LogP contribution in [0.1, 0.15) is 54.5 Å². The van der Waals surface area contributed by atoms with E-state index in [9.17, 15) is 31.2 Å². The van der Waals surface area contributed by atoms with Crippen LogP contribution in [0.3, 0.4) is 0 Å². The van der Waals surface area contributed by atoms with Crippen LogP contribution in [0.4, 0.5) is 26.4 Å². The Morgan fingerprint density at radius 1 is 1.25 bits per heavy atom. The standard InChI is InChI=1S/C22H19F6N5.C5H9NO/c1-21(17(31-28)6-7-29-12-23)10-15(14-4-2-13(3-5-14)9-22(25,26)27)16-11-30-19-8-18(24)32-33(19)20(16)21;1-6-5(7)4-2-3-4/h2-8,11,15,31H,9-10,12H2,1H3;4H,2-3H2,1H3,(H,6,7)/b17-6-,29-7+;/t15?,21-;/m1./s1. The van der Waals surface area contributed by atoms with E-state index in [-0.39, 0.29) is 35.2 Å². The number of hydrogen-bond acceptors (Lipinski definition) is 5. The Bertz CT molecular complexity index is 1410. The number of carbonyl (C=O) groups is 1. The summed E-state index contributed by atoms with van der Waals surface area (Å²) in [6.07, 6.45) is 1.03. The molecule has 0 radical (unpaired) electrons. The summed E-state index contributed by atoms with van der Waals surface area (Å²) in [5, 5.41) is 6.46. The highest BCUT2D eigenvalue weighted by molar-refractivity contribution is 5.80. The fourth-order valence-corrected chi connectivity index (χ4v) is 5.01. The van der Waals surface area contributed by atoms with Crippen molar-refractivity contribution in [1.82, 2.24) is 25.5 Å². The summed E-state index contributed by atoms with van der Waals surface area (Å²) in [7, 11) is 1.68. The Labute approximate surface area is 226 Å². The van der Waals surface area contributed by atoms with Gasteiger partial charge in [0.15, 0.2) is 12.4 Å². The number of fused-ring (bicyclic) bond motifs is 3. The highest BCUT2D eigenvalue weighted by Crippen LogP contribution is 2.51. The predicted octanol–water partition coefficient (Wildman–Crippen LogP) is 5.26. The first-order chi connectivity index (χ1) is 19.0. The minimum atomic E-state index is -4.33. The Hall–Kier alpha value is -3.90. The zero-order chi connectivity index (χ0) is 29.1. The third kappa shape index (κ3) is 6.28. The van der Waals surface area contributed by atoms with Gasteiger partial charge in [-0.2, -0.15) is 17.6 Å². The highest BCUT2D eigenvalue weighted by atomic mass is 19.4. The molecule has 2 aliphatic carbocycles. The summed E-state index contributed by atoms with van der Waals surface area (Å²) in [4.78, 5) is 18.1. The smallest absolute Gasteiger partial charge is 0.359 e. The van der Waals surface area contributed by atoms with Crippen molar-refractivity contribution in [3.8, 4) is 0 Å². The van der Waals surface area contributed by atoms with E-state index in [1.54, 1.807) is 31.6 Å². The van der Waals surface area contributed by atoms with Gasteiger partial charge in [-0.25, -0.2) is 19.4 Å². The van der Waals surface area contributed by atoms with Gasteiger partial charge in [-0.05, 0) is 43.4 Å². The Morgan fingerprint density at radius 2 is 1.95 bits per heavy atom. The van der Waals surface area contributed by atoms with E-state index in [4.69, 9.17) is 0 Å². The van der Waals surface area contributed by atoms with Crippen molar-refractivity contribution in [2.75, 3.05) is 13.8 Å². The summed E-state index contributed by atoms with van der Waals surface area (Å²) < 4.78 is 79.7. The van der Waals surface area contributed by atoms with E-state index in [2.05, 4.69) is 20.4 Å². The van der Waals surface area contributed by atoms with Crippen LogP contribution in [-0.4, -0.2) is 46.7 Å². The number of carbonyl (C=O) groups excluding carboxylic acids is 1. The maximum absolute atomic E-state index is 13.9. The Morgan fingerprint density at radius 3 is 2.50 bits per heavy atom. The summed E-state index contributed by atoms with van der Waals surface area (Å²) in [6, 6.07) is 7.11. The van der Waals surface area contributed by atoms with Gasteiger partial charge < -0.3 is 5.32 Å². The van der Waals surface area contributed by atoms with Crippen molar-refractivity contribution in [2.24, 2.45) is 10.9 Å². The zero-order valence-corrected chi connectivity index (χ0v) is 21.8. The topological polar surface area (TPSA) is 83.7 Å². The molecule has 0 spiro atoms. The molecule has 0 bridgehead atoms. The molecule has 1 fully saturated rings. The molecule has 3 aromatic rings. The molecule has 1 amide bonds. The maximum Gasteiger partial charge on any atom is 0.393 e. The van der Waals surface area contributed by atoms with Crippen LogP contribution in [0.5, 0.6) is 0 Å². The first-order valence-electron chi connectivity index (χ1n) is 12.6.